The van der Waals surface area contributed by atoms with E-state index in [4.69, 9.17) is 4.74 Å². The van der Waals surface area contributed by atoms with Gasteiger partial charge in [0, 0.05) is 37.6 Å². The smallest absolute Gasteiger partial charge is 0.129 e. The van der Waals surface area contributed by atoms with Crippen LogP contribution in [0.25, 0.3) is 10.9 Å². The number of likely N-dealkylation sites (N-methyl/N-ethyl adjacent to an activating group) is 1. The lowest BCUT2D eigenvalue weighted by atomic mass is 10.1. The first kappa shape index (κ1) is 16.2. The van der Waals surface area contributed by atoms with Crippen molar-refractivity contribution in [2.75, 3.05) is 20.1 Å². The molecule has 25 heavy (non-hydrogen) atoms. The summed E-state index contributed by atoms with van der Waals surface area (Å²) in [7, 11) is 4.33. The lowest BCUT2D eigenvalue weighted by molar-refractivity contribution is 0.309. The van der Waals surface area contributed by atoms with E-state index in [1.807, 2.05) is 12.1 Å². The van der Waals surface area contributed by atoms with Crippen LogP contribution < -0.4 is 4.74 Å². The highest BCUT2D eigenvalue weighted by Gasteiger charge is 2.21. The van der Waals surface area contributed by atoms with E-state index in [1.54, 1.807) is 12.1 Å². The van der Waals surface area contributed by atoms with Crippen LogP contribution in [0.15, 0.2) is 42.5 Å². The number of aromatic nitrogens is 1. The zero-order valence-corrected chi connectivity index (χ0v) is 14.8. The van der Waals surface area contributed by atoms with E-state index in [2.05, 4.69) is 29.6 Å². The summed E-state index contributed by atoms with van der Waals surface area (Å²) in [4.78, 5) is 2.38. The van der Waals surface area contributed by atoms with E-state index in [9.17, 15) is 4.39 Å². The summed E-state index contributed by atoms with van der Waals surface area (Å²) in [5.41, 5.74) is 5.03. The molecule has 2 aromatic carbocycles. The number of nitrogens with zero attached hydrogens (tertiary/aromatic N) is 2. The molecule has 0 N–H and O–H groups in total. The lowest BCUT2D eigenvalue weighted by Gasteiger charge is -2.13. The van der Waals surface area contributed by atoms with Crippen molar-refractivity contribution in [1.29, 1.82) is 0 Å². The molecule has 0 spiro atoms. The minimum atomic E-state index is -0.219. The van der Waals surface area contributed by atoms with Crippen LogP contribution in [0.1, 0.15) is 16.8 Å². The maximum absolute atomic E-state index is 13.1. The van der Waals surface area contributed by atoms with E-state index in [1.165, 1.54) is 34.3 Å². The van der Waals surface area contributed by atoms with Gasteiger partial charge in [-0.3, -0.25) is 0 Å². The number of ether oxygens (including phenoxy) is 1. The molecule has 1 aliphatic rings. The molecule has 4 rings (SSSR count). The fourth-order valence-corrected chi connectivity index (χ4v) is 3.76. The molecule has 0 aliphatic carbocycles. The van der Waals surface area contributed by atoms with Crippen LogP contribution in [0.2, 0.25) is 0 Å². The second kappa shape index (κ2) is 6.52. The molecule has 0 bridgehead atoms. The summed E-state index contributed by atoms with van der Waals surface area (Å²) < 4.78 is 21.5. The summed E-state index contributed by atoms with van der Waals surface area (Å²) in [6.45, 7) is 2.60. The summed E-state index contributed by atoms with van der Waals surface area (Å²) >= 11 is 0. The molecular formula is C21H23FN2O. The van der Waals surface area contributed by atoms with Crippen molar-refractivity contribution in [1.82, 2.24) is 9.47 Å². The summed E-state index contributed by atoms with van der Waals surface area (Å²) in [6.07, 6.45) is 2.11. The Kier molecular flexibility index (Phi) is 4.22. The zero-order chi connectivity index (χ0) is 17.4. The van der Waals surface area contributed by atoms with Gasteiger partial charge in [0.25, 0.3) is 0 Å². The number of hydrogen-bond acceptors (Lipinski definition) is 2. The van der Waals surface area contributed by atoms with Crippen LogP contribution in [0.5, 0.6) is 5.75 Å². The molecule has 0 radical (unpaired) electrons. The SMILES string of the molecule is CN1CCc2c(n(C)c3cccc(OCc4ccc(F)cc4)c23)CC1. The molecule has 1 aliphatic heterocycles. The molecule has 3 nitrogen and oxygen atoms in total. The number of fused-ring (bicyclic) bond motifs is 3. The van der Waals surface area contributed by atoms with E-state index in [0.29, 0.717) is 6.61 Å². The Morgan fingerprint density at radius 3 is 2.56 bits per heavy atom. The molecule has 3 aromatic rings. The van der Waals surface area contributed by atoms with Crippen LogP contribution in [-0.4, -0.2) is 29.6 Å². The van der Waals surface area contributed by atoms with Crippen LogP contribution >= 0.6 is 0 Å². The first-order valence-corrected chi connectivity index (χ1v) is 8.78. The molecule has 0 unspecified atom stereocenters. The molecule has 2 heterocycles. The van der Waals surface area contributed by atoms with Crippen molar-refractivity contribution in [3.63, 3.8) is 0 Å². The molecular weight excluding hydrogens is 315 g/mol. The highest BCUT2D eigenvalue weighted by molar-refractivity contribution is 5.91. The molecule has 0 saturated carbocycles. The van der Waals surface area contributed by atoms with Gasteiger partial charge in [-0.2, -0.15) is 0 Å². The van der Waals surface area contributed by atoms with Gasteiger partial charge in [0.2, 0.25) is 0 Å². The van der Waals surface area contributed by atoms with Gasteiger partial charge in [0.05, 0.1) is 5.52 Å². The molecule has 0 fully saturated rings. The zero-order valence-electron chi connectivity index (χ0n) is 14.8. The number of benzene rings is 2. The third kappa shape index (κ3) is 3.02. The molecule has 4 heteroatoms. The Labute approximate surface area is 147 Å². The molecule has 130 valence electrons. The summed E-state index contributed by atoms with van der Waals surface area (Å²) in [5, 5.41) is 1.23. The van der Waals surface area contributed by atoms with Crippen molar-refractivity contribution >= 4 is 10.9 Å². The predicted molar refractivity (Wildman–Crippen MR) is 98.6 cm³/mol. The highest BCUT2D eigenvalue weighted by Crippen LogP contribution is 2.35. The number of aryl methyl sites for hydroxylation is 1. The standard InChI is InChI=1S/C21H23FN2O/c1-23-12-10-17-18(11-13-23)24(2)19-4-3-5-20(21(17)19)25-14-15-6-8-16(22)9-7-15/h3-9H,10-14H2,1-2H3. The second-order valence-corrected chi connectivity index (χ2v) is 6.85. The Balaban J connectivity index is 1.70. The van der Waals surface area contributed by atoms with Gasteiger partial charge in [-0.05, 0) is 48.9 Å². The van der Waals surface area contributed by atoms with Gasteiger partial charge < -0.3 is 14.2 Å². The van der Waals surface area contributed by atoms with E-state index in [-0.39, 0.29) is 5.82 Å². The Bertz CT molecular complexity index is 898. The Hall–Kier alpha value is -2.33. The third-order valence-corrected chi connectivity index (χ3v) is 5.20. The maximum atomic E-state index is 13.1. The summed E-state index contributed by atoms with van der Waals surface area (Å²) in [5.74, 6) is 0.701. The summed E-state index contributed by atoms with van der Waals surface area (Å²) in [6, 6.07) is 12.8. The predicted octanol–water partition coefficient (Wildman–Crippen LogP) is 3.93. The first-order valence-electron chi connectivity index (χ1n) is 8.78. The van der Waals surface area contributed by atoms with Crippen molar-refractivity contribution < 1.29 is 9.13 Å². The quantitative estimate of drug-likeness (QED) is 0.720. The van der Waals surface area contributed by atoms with Crippen molar-refractivity contribution in [2.45, 2.75) is 19.4 Å². The topological polar surface area (TPSA) is 17.4 Å². The average molecular weight is 338 g/mol. The van der Waals surface area contributed by atoms with Gasteiger partial charge in [0.15, 0.2) is 0 Å². The van der Waals surface area contributed by atoms with Crippen molar-refractivity contribution in [2.24, 2.45) is 7.05 Å². The fraction of sp³-hybridized carbons (Fsp3) is 0.333. The lowest BCUT2D eigenvalue weighted by Crippen LogP contribution is -2.21. The number of halogens is 1. The first-order chi connectivity index (χ1) is 12.1. The number of rotatable bonds is 3. The monoisotopic (exact) mass is 338 g/mol. The van der Waals surface area contributed by atoms with E-state index in [0.717, 1.165) is 37.2 Å². The third-order valence-electron chi connectivity index (χ3n) is 5.20. The fourth-order valence-electron chi connectivity index (χ4n) is 3.76. The maximum Gasteiger partial charge on any atom is 0.129 e. The molecule has 0 saturated heterocycles. The Morgan fingerprint density at radius 2 is 1.76 bits per heavy atom. The average Bonchev–Trinajstić information content (AvgIpc) is 2.76. The molecule has 0 amide bonds. The molecule has 1 aromatic heterocycles. The Morgan fingerprint density at radius 1 is 1.00 bits per heavy atom. The normalized spacial score (nSPS) is 15.2. The largest absolute Gasteiger partial charge is 0.488 e. The van der Waals surface area contributed by atoms with Crippen LogP contribution in [0.3, 0.4) is 0 Å². The molecule has 0 atom stereocenters. The van der Waals surface area contributed by atoms with Crippen LogP contribution in [-0.2, 0) is 26.5 Å². The second-order valence-electron chi connectivity index (χ2n) is 6.85. The van der Waals surface area contributed by atoms with E-state index >= 15 is 0 Å². The minimum absolute atomic E-state index is 0.219. The highest BCUT2D eigenvalue weighted by atomic mass is 19.1. The minimum Gasteiger partial charge on any atom is -0.488 e. The van der Waals surface area contributed by atoms with Crippen molar-refractivity contribution in [3.05, 3.63) is 65.1 Å². The van der Waals surface area contributed by atoms with Crippen molar-refractivity contribution in [3.8, 4) is 5.75 Å². The van der Waals surface area contributed by atoms with Gasteiger partial charge in [-0.1, -0.05) is 18.2 Å². The van der Waals surface area contributed by atoms with Gasteiger partial charge in [-0.15, -0.1) is 0 Å². The van der Waals surface area contributed by atoms with Gasteiger partial charge in [0.1, 0.15) is 18.2 Å². The van der Waals surface area contributed by atoms with Gasteiger partial charge in [-0.25, -0.2) is 4.39 Å². The van der Waals surface area contributed by atoms with Crippen LogP contribution in [0.4, 0.5) is 4.39 Å². The van der Waals surface area contributed by atoms with E-state index < -0.39 is 0 Å². The van der Waals surface area contributed by atoms with Crippen LogP contribution in [0, 0.1) is 5.82 Å². The van der Waals surface area contributed by atoms with Gasteiger partial charge >= 0.3 is 0 Å². The number of hydrogen-bond donors (Lipinski definition) is 0.